The highest BCUT2D eigenvalue weighted by molar-refractivity contribution is 14.1. The fourth-order valence-corrected chi connectivity index (χ4v) is 8.67. The molecule has 0 aliphatic carbocycles. The molecule has 0 heterocycles. The minimum absolute atomic E-state index is 0.0351. The van der Waals surface area contributed by atoms with Crippen LogP contribution in [0.4, 0.5) is 0 Å². The molecule has 8 heteroatoms. The molecule has 0 aromatic carbocycles. The van der Waals surface area contributed by atoms with Crippen LogP contribution >= 0.6 is 34.4 Å². The number of thioether (sulfide) groups is 1. The van der Waals surface area contributed by atoms with Gasteiger partial charge in [0.2, 0.25) is 10.0 Å². The molecule has 36 heavy (non-hydrogen) atoms. The Morgan fingerprint density at radius 1 is 0.833 bits per heavy atom. The van der Waals surface area contributed by atoms with Crippen molar-refractivity contribution in [3.05, 3.63) is 0 Å². The van der Waals surface area contributed by atoms with Gasteiger partial charge in [-0.2, -0.15) is 11.8 Å². The summed E-state index contributed by atoms with van der Waals surface area (Å²) in [5.74, 6) is 2.22. The molecule has 0 saturated carbocycles. The van der Waals surface area contributed by atoms with Crippen LogP contribution in [-0.2, 0) is 14.8 Å². The van der Waals surface area contributed by atoms with E-state index >= 15 is 0 Å². The maximum absolute atomic E-state index is 12.5. The molecule has 0 rings (SSSR count). The number of Topliss-reactive ketones (excluding diaryl/α,β-unsaturated/α-hetero) is 1. The van der Waals surface area contributed by atoms with Gasteiger partial charge in [-0.1, -0.05) is 113 Å². The lowest BCUT2D eigenvalue weighted by Crippen LogP contribution is -2.41. The Balaban J connectivity index is 3.94. The van der Waals surface area contributed by atoms with E-state index in [1.54, 1.807) is 6.92 Å². The van der Waals surface area contributed by atoms with Crippen LogP contribution in [0, 0.1) is 5.92 Å². The third kappa shape index (κ3) is 24.9. The lowest BCUT2D eigenvalue weighted by Gasteiger charge is -2.25. The molecule has 1 N–H and O–H groups in total. The standard InChI is InChI=1S/C28H58IN2O3S2/c1-6-7-8-9-10-11-12-13-14-15-16-17-18-19-22-35-25-27(24-26(2)32)28(29)30-36(33,34)23-20-21-31(3,4)5/h27-28,30H,6-25H2,1-5H3/q+1. The summed E-state index contributed by atoms with van der Waals surface area (Å²) in [5, 5.41) is 0. The van der Waals surface area contributed by atoms with Gasteiger partial charge in [0, 0.05) is 18.8 Å². The number of hydrogen-bond acceptors (Lipinski definition) is 4. The summed E-state index contributed by atoms with van der Waals surface area (Å²) in [6, 6.07) is 0. The largest absolute Gasteiger partial charge is 0.331 e. The van der Waals surface area contributed by atoms with Crippen LogP contribution in [0.2, 0.25) is 0 Å². The third-order valence-electron chi connectivity index (χ3n) is 6.47. The zero-order valence-electron chi connectivity index (χ0n) is 24.2. The van der Waals surface area contributed by atoms with Gasteiger partial charge in [-0.25, -0.2) is 13.1 Å². The topological polar surface area (TPSA) is 63.2 Å². The molecule has 0 saturated heterocycles. The summed E-state index contributed by atoms with van der Waals surface area (Å²) in [4.78, 5) is 11.8. The molecule has 216 valence electrons. The molecule has 0 bridgehead atoms. The number of alkyl halides is 1. The SMILES string of the molecule is CCCCCCCCCCCCCCCCSCC(CC(C)=O)C(I)NS(=O)(=O)CCC[N+](C)(C)C. The Morgan fingerprint density at radius 2 is 1.31 bits per heavy atom. The Bertz CT molecular complexity index is 639. The normalized spacial score (nSPS) is 14.2. The number of nitrogens with one attached hydrogen (secondary N) is 1. The first-order chi connectivity index (χ1) is 17.0. The molecule has 0 aliphatic heterocycles. The van der Waals surface area contributed by atoms with E-state index in [9.17, 15) is 13.2 Å². The molecule has 0 aromatic rings. The molecular formula is C28H58IN2O3S2+. The minimum atomic E-state index is -3.33. The number of unbranched alkanes of at least 4 members (excludes halogenated alkanes) is 13. The summed E-state index contributed by atoms with van der Waals surface area (Å²) in [6.45, 7) is 4.69. The second kappa shape index (κ2) is 22.4. The highest BCUT2D eigenvalue weighted by Crippen LogP contribution is 2.23. The van der Waals surface area contributed by atoms with Crippen molar-refractivity contribution in [2.75, 3.05) is 44.9 Å². The zero-order valence-corrected chi connectivity index (χ0v) is 28.0. The lowest BCUT2D eigenvalue weighted by atomic mass is 10.0. The Hall–Kier alpha value is 0.620. The van der Waals surface area contributed by atoms with Crippen molar-refractivity contribution in [1.29, 1.82) is 0 Å². The average Bonchev–Trinajstić information content (AvgIpc) is 2.76. The number of hydrogen-bond donors (Lipinski definition) is 1. The third-order valence-corrected chi connectivity index (χ3v) is 10.9. The quantitative estimate of drug-likeness (QED) is 0.0342. The van der Waals surface area contributed by atoms with Gasteiger partial charge in [-0.3, -0.25) is 0 Å². The van der Waals surface area contributed by atoms with E-state index in [-0.39, 0.29) is 21.5 Å². The fraction of sp³-hybridized carbons (Fsp3) is 0.964. The van der Waals surface area contributed by atoms with Crippen molar-refractivity contribution in [3.63, 3.8) is 0 Å². The van der Waals surface area contributed by atoms with Gasteiger partial charge in [0.15, 0.2) is 0 Å². The zero-order chi connectivity index (χ0) is 27.3. The molecule has 0 amide bonds. The number of quaternary nitrogens is 1. The summed E-state index contributed by atoms with van der Waals surface area (Å²) in [7, 11) is 2.87. The van der Waals surface area contributed by atoms with Gasteiger partial charge in [-0.15, -0.1) is 0 Å². The van der Waals surface area contributed by atoms with E-state index in [0.29, 0.717) is 12.8 Å². The van der Waals surface area contributed by atoms with Crippen molar-refractivity contribution >= 4 is 50.2 Å². The smallest absolute Gasteiger partial charge is 0.212 e. The molecule has 0 spiro atoms. The van der Waals surface area contributed by atoms with E-state index in [1.807, 2.05) is 11.8 Å². The Morgan fingerprint density at radius 3 is 1.75 bits per heavy atom. The van der Waals surface area contributed by atoms with Crippen molar-refractivity contribution in [3.8, 4) is 0 Å². The Labute approximate surface area is 242 Å². The highest BCUT2D eigenvalue weighted by Gasteiger charge is 2.25. The van der Waals surface area contributed by atoms with Crippen LogP contribution in [0.15, 0.2) is 0 Å². The summed E-state index contributed by atoms with van der Waals surface area (Å²) < 4.78 is 28.4. The predicted octanol–water partition coefficient (Wildman–Crippen LogP) is 7.57. The van der Waals surface area contributed by atoms with Gasteiger partial charge in [-0.05, 0) is 24.9 Å². The first kappa shape index (κ1) is 36.6. The molecule has 0 aliphatic rings. The molecule has 2 unspecified atom stereocenters. The minimum Gasteiger partial charge on any atom is -0.331 e. The van der Waals surface area contributed by atoms with E-state index < -0.39 is 10.0 Å². The maximum atomic E-state index is 12.5. The van der Waals surface area contributed by atoms with E-state index in [2.05, 4.69) is 55.4 Å². The molecule has 0 aromatic heterocycles. The Kier molecular flexibility index (Phi) is 22.8. The molecule has 0 radical (unpaired) electrons. The van der Waals surface area contributed by atoms with E-state index in [1.165, 1.54) is 89.9 Å². The summed E-state index contributed by atoms with van der Waals surface area (Å²) >= 11 is 4.04. The summed E-state index contributed by atoms with van der Waals surface area (Å²) in [6.07, 6.45) is 20.2. The van der Waals surface area contributed by atoms with Gasteiger partial charge in [0.25, 0.3) is 0 Å². The lowest BCUT2D eigenvalue weighted by molar-refractivity contribution is -0.870. The van der Waals surface area contributed by atoms with E-state index in [4.69, 9.17) is 0 Å². The fourth-order valence-electron chi connectivity index (χ4n) is 4.31. The second-order valence-corrected chi connectivity index (χ2v) is 15.9. The number of sulfonamides is 1. The maximum Gasteiger partial charge on any atom is 0.212 e. The van der Waals surface area contributed by atoms with Crippen LogP contribution < -0.4 is 4.72 Å². The second-order valence-electron chi connectivity index (χ2n) is 11.5. The first-order valence-electron chi connectivity index (χ1n) is 14.5. The first-order valence-corrected chi connectivity index (χ1v) is 18.5. The van der Waals surface area contributed by atoms with E-state index in [0.717, 1.165) is 22.5 Å². The number of carbonyl (C=O) groups excluding carboxylic acids is 1. The van der Waals surface area contributed by atoms with Gasteiger partial charge >= 0.3 is 0 Å². The summed E-state index contributed by atoms with van der Waals surface area (Å²) in [5.41, 5.74) is 0. The van der Waals surface area contributed by atoms with Crippen LogP contribution in [0.3, 0.4) is 0 Å². The van der Waals surface area contributed by atoms with Crippen LogP contribution in [0.25, 0.3) is 0 Å². The van der Waals surface area contributed by atoms with Crippen LogP contribution in [0.5, 0.6) is 0 Å². The predicted molar refractivity (Wildman–Crippen MR) is 169 cm³/mol. The number of ketones is 1. The monoisotopic (exact) mass is 661 g/mol. The average molecular weight is 662 g/mol. The van der Waals surface area contributed by atoms with Crippen molar-refractivity contribution in [2.24, 2.45) is 5.92 Å². The molecule has 0 fully saturated rings. The van der Waals surface area contributed by atoms with Gasteiger partial charge < -0.3 is 9.28 Å². The number of carbonyl (C=O) groups is 1. The molecule has 5 nitrogen and oxygen atoms in total. The van der Waals surface area contributed by atoms with Gasteiger partial charge in [0.05, 0.1) is 37.5 Å². The van der Waals surface area contributed by atoms with Crippen molar-refractivity contribution in [1.82, 2.24) is 4.72 Å². The van der Waals surface area contributed by atoms with Crippen LogP contribution in [0.1, 0.15) is 117 Å². The molecular weight excluding hydrogens is 603 g/mol. The van der Waals surface area contributed by atoms with Crippen LogP contribution in [-0.4, -0.2) is 67.7 Å². The van der Waals surface area contributed by atoms with Crippen molar-refractivity contribution in [2.45, 2.75) is 121 Å². The van der Waals surface area contributed by atoms with Crippen molar-refractivity contribution < 1.29 is 17.7 Å². The highest BCUT2D eigenvalue weighted by atomic mass is 127. The van der Waals surface area contributed by atoms with Gasteiger partial charge in [0.1, 0.15) is 5.78 Å². The number of rotatable bonds is 26. The molecule has 2 atom stereocenters. The number of halogens is 1. The number of nitrogens with zero attached hydrogens (tertiary/aromatic N) is 1.